The zero-order chi connectivity index (χ0) is 13.4. The molecule has 1 aliphatic heterocycles. The van der Waals surface area contributed by atoms with Gasteiger partial charge in [-0.05, 0) is 24.6 Å². The van der Waals surface area contributed by atoms with E-state index < -0.39 is 6.04 Å². The van der Waals surface area contributed by atoms with Gasteiger partial charge in [0.2, 0.25) is 5.91 Å². The van der Waals surface area contributed by atoms with Crippen molar-refractivity contribution >= 4 is 22.9 Å². The van der Waals surface area contributed by atoms with Gasteiger partial charge in [-0.1, -0.05) is 25.1 Å². The molecule has 4 heteroatoms. The van der Waals surface area contributed by atoms with Crippen LogP contribution in [-0.2, 0) is 17.8 Å². The van der Waals surface area contributed by atoms with E-state index in [-0.39, 0.29) is 5.91 Å². The molecular weight excluding hydrogens is 256 g/mol. The van der Waals surface area contributed by atoms with E-state index in [9.17, 15) is 4.79 Å². The fraction of sp³-hybridized carbons (Fsp3) is 0.267. The van der Waals surface area contributed by atoms with Crippen LogP contribution in [0.15, 0.2) is 36.4 Å². The molecule has 2 N–H and O–H groups in total. The molecule has 0 spiro atoms. The van der Waals surface area contributed by atoms with Crippen LogP contribution in [-0.4, -0.2) is 5.91 Å². The molecule has 98 valence electrons. The first-order valence-electron chi connectivity index (χ1n) is 6.44. The molecule has 1 aliphatic rings. The molecule has 0 radical (unpaired) electrons. The number of thiophene rings is 1. The van der Waals surface area contributed by atoms with Gasteiger partial charge in [-0.15, -0.1) is 11.3 Å². The second-order valence-corrected chi connectivity index (χ2v) is 5.94. The minimum absolute atomic E-state index is 0.00681. The van der Waals surface area contributed by atoms with Crippen molar-refractivity contribution in [2.75, 3.05) is 4.90 Å². The summed E-state index contributed by atoms with van der Waals surface area (Å²) in [6, 6.07) is 11.5. The monoisotopic (exact) mass is 272 g/mol. The Morgan fingerprint density at radius 1 is 1.21 bits per heavy atom. The van der Waals surface area contributed by atoms with Gasteiger partial charge >= 0.3 is 0 Å². The predicted molar refractivity (Wildman–Crippen MR) is 78.3 cm³/mol. The SMILES string of the molecule is CCc1ccc(CN2C(=O)C(N)c3ccccc32)s1. The van der Waals surface area contributed by atoms with Crippen molar-refractivity contribution in [2.45, 2.75) is 25.9 Å². The van der Waals surface area contributed by atoms with Crippen LogP contribution in [0.2, 0.25) is 0 Å². The molecule has 1 amide bonds. The number of nitrogens with zero attached hydrogens (tertiary/aromatic N) is 1. The number of rotatable bonds is 3. The summed E-state index contributed by atoms with van der Waals surface area (Å²) in [7, 11) is 0. The molecule has 2 heterocycles. The summed E-state index contributed by atoms with van der Waals surface area (Å²) in [5.41, 5.74) is 7.86. The van der Waals surface area contributed by atoms with E-state index in [2.05, 4.69) is 19.1 Å². The topological polar surface area (TPSA) is 46.3 Å². The maximum atomic E-state index is 12.2. The van der Waals surface area contributed by atoms with Crippen molar-refractivity contribution < 1.29 is 4.79 Å². The molecule has 0 bridgehead atoms. The van der Waals surface area contributed by atoms with Crippen LogP contribution in [0.3, 0.4) is 0 Å². The first-order valence-corrected chi connectivity index (χ1v) is 7.26. The van der Waals surface area contributed by atoms with Gasteiger partial charge in [0.05, 0.1) is 6.54 Å². The van der Waals surface area contributed by atoms with Crippen molar-refractivity contribution in [2.24, 2.45) is 5.73 Å². The minimum atomic E-state index is -0.512. The summed E-state index contributed by atoms with van der Waals surface area (Å²) in [5.74, 6) is -0.00681. The molecule has 0 saturated heterocycles. The first-order chi connectivity index (χ1) is 9.20. The van der Waals surface area contributed by atoms with Crippen molar-refractivity contribution in [1.82, 2.24) is 0 Å². The third-order valence-corrected chi connectivity index (χ3v) is 4.69. The zero-order valence-electron chi connectivity index (χ0n) is 10.8. The van der Waals surface area contributed by atoms with Gasteiger partial charge in [-0.2, -0.15) is 0 Å². The molecule has 1 atom stereocenters. The highest BCUT2D eigenvalue weighted by atomic mass is 32.1. The number of hydrogen-bond donors (Lipinski definition) is 1. The number of hydrogen-bond acceptors (Lipinski definition) is 3. The van der Waals surface area contributed by atoms with Crippen molar-refractivity contribution in [1.29, 1.82) is 0 Å². The second kappa shape index (κ2) is 4.79. The van der Waals surface area contributed by atoms with E-state index >= 15 is 0 Å². The van der Waals surface area contributed by atoms with Gasteiger partial charge in [0.25, 0.3) is 0 Å². The highest BCUT2D eigenvalue weighted by Gasteiger charge is 2.34. The average molecular weight is 272 g/mol. The fourth-order valence-electron chi connectivity index (χ4n) is 2.43. The van der Waals surface area contributed by atoms with E-state index in [1.807, 2.05) is 24.3 Å². The third-order valence-electron chi connectivity index (χ3n) is 3.47. The van der Waals surface area contributed by atoms with Gasteiger partial charge in [0.15, 0.2) is 0 Å². The second-order valence-electron chi connectivity index (χ2n) is 4.68. The molecule has 0 saturated carbocycles. The number of anilines is 1. The highest BCUT2D eigenvalue weighted by molar-refractivity contribution is 7.12. The van der Waals surface area contributed by atoms with Crippen LogP contribution in [0.25, 0.3) is 0 Å². The Labute approximate surface area is 116 Å². The Morgan fingerprint density at radius 2 is 1.95 bits per heavy atom. The van der Waals surface area contributed by atoms with E-state index in [0.29, 0.717) is 6.54 Å². The lowest BCUT2D eigenvalue weighted by molar-refractivity contribution is -0.119. The van der Waals surface area contributed by atoms with Crippen LogP contribution in [0, 0.1) is 0 Å². The fourth-order valence-corrected chi connectivity index (χ4v) is 3.38. The predicted octanol–water partition coefficient (Wildman–Crippen LogP) is 2.86. The smallest absolute Gasteiger partial charge is 0.248 e. The van der Waals surface area contributed by atoms with E-state index in [1.165, 1.54) is 9.75 Å². The van der Waals surface area contributed by atoms with Gasteiger partial charge in [0.1, 0.15) is 6.04 Å². The number of fused-ring (bicyclic) bond motifs is 1. The summed E-state index contributed by atoms with van der Waals surface area (Å²) in [4.78, 5) is 16.6. The molecule has 0 aliphatic carbocycles. The van der Waals surface area contributed by atoms with Crippen LogP contribution in [0.4, 0.5) is 5.69 Å². The number of carbonyl (C=O) groups excluding carboxylic acids is 1. The number of aryl methyl sites for hydroxylation is 1. The summed E-state index contributed by atoms with van der Waals surface area (Å²) >= 11 is 1.76. The van der Waals surface area contributed by atoms with E-state index in [1.54, 1.807) is 16.2 Å². The van der Waals surface area contributed by atoms with E-state index in [0.717, 1.165) is 17.7 Å². The molecule has 19 heavy (non-hydrogen) atoms. The molecular formula is C15H16N2OS. The first kappa shape index (κ1) is 12.4. The molecule has 0 fully saturated rings. The van der Waals surface area contributed by atoms with Crippen molar-refractivity contribution in [3.05, 3.63) is 51.7 Å². The normalized spacial score (nSPS) is 17.9. The Kier molecular flexibility index (Phi) is 3.12. The molecule has 2 aromatic rings. The summed E-state index contributed by atoms with van der Waals surface area (Å²) in [6.07, 6.45) is 1.04. The molecule has 1 aromatic heterocycles. The average Bonchev–Trinajstić information content (AvgIpc) is 2.99. The largest absolute Gasteiger partial charge is 0.316 e. The standard InChI is InChI=1S/C15H16N2OS/c1-2-10-7-8-11(19-10)9-17-13-6-4-3-5-12(13)14(16)15(17)18/h3-8,14H,2,9,16H2,1H3. The Morgan fingerprint density at radius 3 is 2.68 bits per heavy atom. The Bertz CT molecular complexity index is 620. The lowest BCUT2D eigenvalue weighted by atomic mass is 10.1. The third kappa shape index (κ3) is 2.07. The lowest BCUT2D eigenvalue weighted by Gasteiger charge is -2.16. The van der Waals surface area contributed by atoms with Crippen LogP contribution >= 0.6 is 11.3 Å². The maximum Gasteiger partial charge on any atom is 0.248 e. The molecule has 3 rings (SSSR count). The number of amides is 1. The Balaban J connectivity index is 1.91. The van der Waals surface area contributed by atoms with Gasteiger partial charge in [-0.25, -0.2) is 0 Å². The van der Waals surface area contributed by atoms with Crippen LogP contribution < -0.4 is 10.6 Å². The van der Waals surface area contributed by atoms with E-state index in [4.69, 9.17) is 5.73 Å². The molecule has 3 nitrogen and oxygen atoms in total. The van der Waals surface area contributed by atoms with Crippen molar-refractivity contribution in [3.8, 4) is 0 Å². The summed E-state index contributed by atoms with van der Waals surface area (Å²) in [5, 5.41) is 0. The summed E-state index contributed by atoms with van der Waals surface area (Å²) < 4.78 is 0. The van der Waals surface area contributed by atoms with Crippen LogP contribution in [0.5, 0.6) is 0 Å². The van der Waals surface area contributed by atoms with Gasteiger partial charge < -0.3 is 10.6 Å². The molecule has 1 aromatic carbocycles. The quantitative estimate of drug-likeness (QED) is 0.934. The highest BCUT2D eigenvalue weighted by Crippen LogP contribution is 2.35. The van der Waals surface area contributed by atoms with Gasteiger partial charge in [-0.3, -0.25) is 4.79 Å². The minimum Gasteiger partial charge on any atom is -0.316 e. The maximum absolute atomic E-state index is 12.2. The zero-order valence-corrected chi connectivity index (χ0v) is 11.6. The number of carbonyl (C=O) groups is 1. The lowest BCUT2D eigenvalue weighted by Crippen LogP contribution is -2.30. The van der Waals surface area contributed by atoms with Gasteiger partial charge in [0, 0.05) is 21.0 Å². The van der Waals surface area contributed by atoms with Crippen LogP contribution in [0.1, 0.15) is 28.3 Å². The number of nitrogens with two attached hydrogens (primary N) is 1. The number of para-hydroxylation sites is 1. The molecule has 1 unspecified atom stereocenters. The number of benzene rings is 1. The Hall–Kier alpha value is -1.65. The summed E-state index contributed by atoms with van der Waals surface area (Å²) in [6.45, 7) is 2.76. The van der Waals surface area contributed by atoms with Crippen molar-refractivity contribution in [3.63, 3.8) is 0 Å².